The molecule has 0 aliphatic carbocycles. The molecule has 0 aliphatic rings. The lowest BCUT2D eigenvalue weighted by molar-refractivity contribution is -0.132. The molecule has 21 heavy (non-hydrogen) atoms. The van der Waals surface area contributed by atoms with Gasteiger partial charge in [-0.2, -0.15) is 0 Å². The number of sulfonamides is 1. The second-order valence-electron chi connectivity index (χ2n) is 4.83. The van der Waals surface area contributed by atoms with E-state index in [-0.39, 0.29) is 5.91 Å². The van der Waals surface area contributed by atoms with Gasteiger partial charge in [-0.1, -0.05) is 25.1 Å². The highest BCUT2D eigenvalue weighted by Gasteiger charge is 2.33. The van der Waals surface area contributed by atoms with E-state index in [0.717, 1.165) is 6.26 Å². The molecule has 6 heteroatoms. The molecular formula is C15H24N2O3S. The normalized spacial score (nSPS) is 12.8. The third-order valence-corrected chi connectivity index (χ3v) is 4.58. The summed E-state index contributed by atoms with van der Waals surface area (Å²) in [4.78, 5) is 14.3. The van der Waals surface area contributed by atoms with Gasteiger partial charge in [0.2, 0.25) is 15.9 Å². The lowest BCUT2D eigenvalue weighted by Crippen LogP contribution is -2.50. The van der Waals surface area contributed by atoms with Gasteiger partial charge in [0.15, 0.2) is 0 Å². The fraction of sp³-hybridized carbons (Fsp3) is 0.533. The molecule has 0 aromatic heterocycles. The van der Waals surface area contributed by atoms with Crippen molar-refractivity contribution in [1.82, 2.24) is 4.90 Å². The van der Waals surface area contributed by atoms with Crippen molar-refractivity contribution in [3.63, 3.8) is 0 Å². The highest BCUT2D eigenvalue weighted by atomic mass is 32.2. The first-order valence-electron chi connectivity index (χ1n) is 7.20. The van der Waals surface area contributed by atoms with Gasteiger partial charge in [-0.15, -0.1) is 0 Å². The van der Waals surface area contributed by atoms with Gasteiger partial charge in [-0.3, -0.25) is 9.10 Å². The van der Waals surface area contributed by atoms with Crippen LogP contribution in [0.2, 0.25) is 0 Å². The second kappa shape index (κ2) is 7.45. The SMILES string of the molecule is CC[C@H](C(=O)N(CC)CC)N(c1ccccc1)S(C)(=O)=O. The largest absolute Gasteiger partial charge is 0.341 e. The maximum Gasteiger partial charge on any atom is 0.246 e. The molecule has 5 nitrogen and oxygen atoms in total. The first-order valence-corrected chi connectivity index (χ1v) is 9.04. The summed E-state index contributed by atoms with van der Waals surface area (Å²) in [6.07, 6.45) is 1.56. The van der Waals surface area contributed by atoms with E-state index in [1.54, 1.807) is 29.2 Å². The number of carbonyl (C=O) groups excluding carboxylic acids is 1. The molecule has 1 rings (SSSR count). The molecule has 1 aromatic rings. The van der Waals surface area contributed by atoms with E-state index < -0.39 is 16.1 Å². The summed E-state index contributed by atoms with van der Waals surface area (Å²) in [5, 5.41) is 0. The van der Waals surface area contributed by atoms with Crippen LogP contribution in [0.4, 0.5) is 5.69 Å². The summed E-state index contributed by atoms with van der Waals surface area (Å²) in [5.74, 6) is -0.156. The third kappa shape index (κ3) is 4.20. The summed E-state index contributed by atoms with van der Waals surface area (Å²) in [7, 11) is -3.54. The predicted octanol–water partition coefficient (Wildman–Crippen LogP) is 2.10. The van der Waals surface area contributed by atoms with Crippen LogP contribution >= 0.6 is 0 Å². The monoisotopic (exact) mass is 312 g/mol. The molecule has 0 aliphatic heterocycles. The Kier molecular flexibility index (Phi) is 6.20. The van der Waals surface area contributed by atoms with E-state index in [9.17, 15) is 13.2 Å². The molecule has 0 N–H and O–H groups in total. The minimum atomic E-state index is -3.54. The van der Waals surface area contributed by atoms with Crippen molar-refractivity contribution < 1.29 is 13.2 Å². The smallest absolute Gasteiger partial charge is 0.246 e. The van der Waals surface area contributed by atoms with Crippen molar-refractivity contribution in [3.05, 3.63) is 30.3 Å². The Bertz CT molecular complexity index is 554. The Morgan fingerprint density at radius 2 is 1.62 bits per heavy atom. The average Bonchev–Trinajstić information content (AvgIpc) is 2.45. The Hall–Kier alpha value is -1.56. The molecule has 0 radical (unpaired) electrons. The summed E-state index contributed by atoms with van der Waals surface area (Å²) in [6.45, 7) is 6.74. The molecule has 0 fully saturated rings. The lowest BCUT2D eigenvalue weighted by atomic mass is 10.1. The third-order valence-electron chi connectivity index (χ3n) is 3.40. The Morgan fingerprint density at radius 1 is 1.10 bits per heavy atom. The lowest BCUT2D eigenvalue weighted by Gasteiger charge is -2.33. The van der Waals surface area contributed by atoms with Crippen LogP contribution in [0.25, 0.3) is 0 Å². The Morgan fingerprint density at radius 3 is 2.00 bits per heavy atom. The number of anilines is 1. The van der Waals surface area contributed by atoms with Gasteiger partial charge >= 0.3 is 0 Å². The van der Waals surface area contributed by atoms with E-state index in [1.807, 2.05) is 26.8 Å². The summed E-state index contributed by atoms with van der Waals surface area (Å²) < 4.78 is 25.6. The second-order valence-corrected chi connectivity index (χ2v) is 6.69. The number of nitrogens with zero attached hydrogens (tertiary/aromatic N) is 2. The zero-order chi connectivity index (χ0) is 16.0. The number of benzene rings is 1. The summed E-state index contributed by atoms with van der Waals surface area (Å²) in [6, 6.07) is 8.06. The van der Waals surface area contributed by atoms with E-state index in [1.165, 1.54) is 4.31 Å². The molecule has 0 saturated heterocycles. The zero-order valence-corrected chi connectivity index (χ0v) is 13.9. The first kappa shape index (κ1) is 17.5. The highest BCUT2D eigenvalue weighted by Crippen LogP contribution is 2.23. The Balaban J connectivity index is 3.27. The highest BCUT2D eigenvalue weighted by molar-refractivity contribution is 7.92. The fourth-order valence-corrected chi connectivity index (χ4v) is 3.57. The molecule has 0 spiro atoms. The van der Waals surface area contributed by atoms with Crippen LogP contribution in [0.5, 0.6) is 0 Å². The van der Waals surface area contributed by atoms with Crippen LogP contribution in [0, 0.1) is 0 Å². The zero-order valence-electron chi connectivity index (χ0n) is 13.1. The van der Waals surface area contributed by atoms with Crippen LogP contribution in [0.1, 0.15) is 27.2 Å². The van der Waals surface area contributed by atoms with E-state index >= 15 is 0 Å². The summed E-state index contributed by atoms with van der Waals surface area (Å²) >= 11 is 0. The van der Waals surface area contributed by atoms with Crippen LogP contribution in [-0.2, 0) is 14.8 Å². The quantitative estimate of drug-likeness (QED) is 0.775. The van der Waals surface area contributed by atoms with Crippen molar-refractivity contribution in [2.75, 3.05) is 23.7 Å². The molecule has 0 heterocycles. The molecule has 118 valence electrons. The molecule has 0 unspecified atom stereocenters. The van der Waals surface area contributed by atoms with Gasteiger partial charge in [0, 0.05) is 13.1 Å². The average molecular weight is 312 g/mol. The van der Waals surface area contributed by atoms with Gasteiger partial charge in [0.05, 0.1) is 11.9 Å². The van der Waals surface area contributed by atoms with Gasteiger partial charge in [0.1, 0.15) is 6.04 Å². The van der Waals surface area contributed by atoms with Gasteiger partial charge in [-0.05, 0) is 32.4 Å². The maximum absolute atomic E-state index is 12.6. The molecule has 0 bridgehead atoms. The summed E-state index contributed by atoms with van der Waals surface area (Å²) in [5.41, 5.74) is 0.521. The minimum Gasteiger partial charge on any atom is -0.341 e. The number of amides is 1. The van der Waals surface area contributed by atoms with E-state index in [2.05, 4.69) is 0 Å². The van der Waals surface area contributed by atoms with E-state index in [0.29, 0.717) is 25.2 Å². The Labute approximate surface area is 127 Å². The van der Waals surface area contributed by atoms with Crippen molar-refractivity contribution >= 4 is 21.6 Å². The van der Waals surface area contributed by atoms with Crippen molar-refractivity contribution in [2.24, 2.45) is 0 Å². The van der Waals surface area contributed by atoms with Crippen LogP contribution in [-0.4, -0.2) is 44.6 Å². The van der Waals surface area contributed by atoms with Crippen molar-refractivity contribution in [3.8, 4) is 0 Å². The van der Waals surface area contributed by atoms with Crippen molar-refractivity contribution in [2.45, 2.75) is 33.2 Å². The number of hydrogen-bond acceptors (Lipinski definition) is 3. The van der Waals surface area contributed by atoms with Crippen LogP contribution in [0.15, 0.2) is 30.3 Å². The molecule has 1 amide bonds. The van der Waals surface area contributed by atoms with E-state index in [4.69, 9.17) is 0 Å². The molecule has 1 atom stereocenters. The molecular weight excluding hydrogens is 288 g/mol. The van der Waals surface area contributed by atoms with Gasteiger partial charge in [0.25, 0.3) is 0 Å². The number of para-hydroxylation sites is 1. The number of hydrogen-bond donors (Lipinski definition) is 0. The minimum absolute atomic E-state index is 0.156. The maximum atomic E-state index is 12.6. The standard InChI is InChI=1S/C15H24N2O3S/c1-5-14(15(18)16(6-2)7-3)17(21(4,19)20)13-11-9-8-10-12-13/h8-12,14H,5-7H2,1-4H3/t14-/m1/s1. The van der Waals surface area contributed by atoms with Crippen LogP contribution < -0.4 is 4.31 Å². The number of likely N-dealkylation sites (N-methyl/N-ethyl adjacent to an activating group) is 1. The number of carbonyl (C=O) groups is 1. The van der Waals surface area contributed by atoms with Gasteiger partial charge in [-0.25, -0.2) is 8.42 Å². The molecule has 1 aromatic carbocycles. The van der Waals surface area contributed by atoms with Crippen LogP contribution in [0.3, 0.4) is 0 Å². The number of rotatable bonds is 7. The van der Waals surface area contributed by atoms with Gasteiger partial charge < -0.3 is 4.90 Å². The first-order chi connectivity index (χ1) is 9.86. The fourth-order valence-electron chi connectivity index (χ4n) is 2.36. The predicted molar refractivity (Wildman–Crippen MR) is 85.8 cm³/mol. The topological polar surface area (TPSA) is 57.7 Å². The van der Waals surface area contributed by atoms with Crippen molar-refractivity contribution in [1.29, 1.82) is 0 Å². The molecule has 0 saturated carbocycles.